The van der Waals surface area contributed by atoms with Gasteiger partial charge in [-0.1, -0.05) is 415 Å². The molecule has 3 atom stereocenters. The minimum Gasteiger partial charge on any atom is -0.756 e. The van der Waals surface area contributed by atoms with Gasteiger partial charge in [0.25, 0.3) is 7.82 Å². The summed E-state index contributed by atoms with van der Waals surface area (Å²) in [5, 5.41) is 14.0. The Kier molecular flexibility index (Phi) is 73.0. The van der Waals surface area contributed by atoms with Crippen LogP contribution in [0.4, 0.5) is 0 Å². The fraction of sp³-hybridized carbons (Fsp3) is 0.869. The molecule has 0 aromatic rings. The normalized spacial score (nSPS) is 13.8. The van der Waals surface area contributed by atoms with Crippen LogP contribution in [0.15, 0.2) is 60.8 Å². The van der Waals surface area contributed by atoms with E-state index in [1.807, 2.05) is 27.2 Å². The summed E-state index contributed by atoms with van der Waals surface area (Å²) in [6.45, 7) is 4.60. The quantitative estimate of drug-likeness (QED) is 0.0272. The summed E-state index contributed by atoms with van der Waals surface area (Å²) in [4.78, 5) is 25.7. The zero-order valence-corrected chi connectivity index (χ0v) is 63.9. The van der Waals surface area contributed by atoms with Crippen molar-refractivity contribution in [1.82, 2.24) is 5.32 Å². The number of hydrogen-bond donors (Lipinski definition) is 2. The monoisotopic (exact) mass is 1330 g/mol. The topological polar surface area (TPSA) is 108 Å². The number of nitrogens with zero attached hydrogens (tertiary/aromatic N) is 1. The fourth-order valence-electron chi connectivity index (χ4n) is 12.7. The number of carbonyl (C=O) groups is 1. The lowest BCUT2D eigenvalue weighted by Crippen LogP contribution is -2.45. The highest BCUT2D eigenvalue weighted by Gasteiger charge is 2.23. The third-order valence-corrected chi connectivity index (χ3v) is 19.9. The number of rotatable bonds is 77. The predicted molar refractivity (Wildman–Crippen MR) is 408 cm³/mol. The van der Waals surface area contributed by atoms with Crippen LogP contribution in [0.1, 0.15) is 418 Å². The number of allylic oxidation sites excluding steroid dienone is 9. The van der Waals surface area contributed by atoms with E-state index in [1.54, 1.807) is 6.08 Å². The maximum Gasteiger partial charge on any atom is 0.268 e. The average molecular weight is 1330 g/mol. The van der Waals surface area contributed by atoms with Gasteiger partial charge in [0.05, 0.1) is 39.9 Å². The standard InChI is InChI=1S/C84H161N2O6P/c1-6-8-10-12-14-16-18-20-22-24-26-28-30-32-34-36-38-40-41-42-43-44-45-46-48-50-52-54-56-58-60-62-64-66-68-70-72-74-76-78-84(88)85-82(81-92-93(89,90)91-80-79-86(3,4)5)83(87)77-75-73-71-69-67-65-63-61-59-57-55-53-51-49-47-39-37-35-33-31-29-27-25-23-21-19-17-15-13-11-9-7-2/h8,10,14,16,20,22,26,28,75,77,82-83,87H,6-7,9,11-13,15,17-19,21,23-25,27,29-74,76,78-81H2,1-5H3,(H-,85,88,89,90)/b10-8-,16-14-,22-20-,28-26-,77-75+. The number of likely N-dealkylation sites (N-methyl/N-ethyl adjacent to an activating group) is 1. The molecule has 1 amide bonds. The molecule has 0 aromatic carbocycles. The molecule has 0 heterocycles. The largest absolute Gasteiger partial charge is 0.756 e. The Morgan fingerprint density at radius 1 is 0.387 bits per heavy atom. The van der Waals surface area contributed by atoms with Crippen LogP contribution >= 0.6 is 7.82 Å². The first-order valence-corrected chi connectivity index (χ1v) is 42.6. The Bertz CT molecular complexity index is 1710. The SMILES string of the molecule is CC/C=C\C/C=C\C/C=C\C/C=C\CCCCCCCCCCCCCCCCCCCCCCCCCCCCC(=O)NC(COP(=O)([O-])OCC[N+](C)(C)C)C(O)/C=C/CCCCCCCCCCCCCCCCCCCCCCCCCCCCCCCC. The molecule has 0 aliphatic rings. The third-order valence-electron chi connectivity index (χ3n) is 19.0. The summed E-state index contributed by atoms with van der Waals surface area (Å²) in [7, 11) is 1.28. The molecule has 0 aliphatic carbocycles. The van der Waals surface area contributed by atoms with E-state index in [-0.39, 0.29) is 19.1 Å². The number of nitrogens with one attached hydrogen (secondary N) is 1. The molecule has 93 heavy (non-hydrogen) atoms. The zero-order chi connectivity index (χ0) is 67.6. The van der Waals surface area contributed by atoms with Crippen molar-refractivity contribution in [2.45, 2.75) is 431 Å². The van der Waals surface area contributed by atoms with Gasteiger partial charge in [0.2, 0.25) is 5.91 Å². The third kappa shape index (κ3) is 77.4. The van der Waals surface area contributed by atoms with Gasteiger partial charge in [-0.2, -0.15) is 0 Å². The molecule has 0 aromatic heterocycles. The van der Waals surface area contributed by atoms with E-state index >= 15 is 0 Å². The number of aliphatic hydroxyl groups is 1. The first kappa shape index (κ1) is 91.2. The van der Waals surface area contributed by atoms with Gasteiger partial charge in [0.1, 0.15) is 13.2 Å². The van der Waals surface area contributed by atoms with Crippen LogP contribution in [0.2, 0.25) is 0 Å². The van der Waals surface area contributed by atoms with E-state index in [0.29, 0.717) is 17.4 Å². The maximum absolute atomic E-state index is 13.1. The summed E-state index contributed by atoms with van der Waals surface area (Å²) in [5.74, 6) is -0.188. The van der Waals surface area contributed by atoms with Gasteiger partial charge in [0, 0.05) is 6.42 Å². The van der Waals surface area contributed by atoms with Crippen LogP contribution in [-0.2, 0) is 18.4 Å². The summed E-state index contributed by atoms with van der Waals surface area (Å²) in [6.07, 6.45) is 104. The molecule has 0 rings (SSSR count). The van der Waals surface area contributed by atoms with Gasteiger partial charge in [0.15, 0.2) is 0 Å². The molecule has 0 spiro atoms. The minimum atomic E-state index is -4.61. The first-order chi connectivity index (χ1) is 45.5. The van der Waals surface area contributed by atoms with Crippen LogP contribution in [0, 0.1) is 0 Å². The molecular formula is C84H161N2O6P. The summed E-state index contributed by atoms with van der Waals surface area (Å²) >= 11 is 0. The van der Waals surface area contributed by atoms with Gasteiger partial charge in [-0.05, 0) is 57.8 Å². The highest BCUT2D eigenvalue weighted by molar-refractivity contribution is 7.45. The lowest BCUT2D eigenvalue weighted by molar-refractivity contribution is -0.870. The van der Waals surface area contributed by atoms with E-state index < -0.39 is 20.0 Å². The lowest BCUT2D eigenvalue weighted by Gasteiger charge is -2.29. The molecule has 0 bridgehead atoms. The van der Waals surface area contributed by atoms with Crippen LogP contribution < -0.4 is 10.2 Å². The zero-order valence-electron chi connectivity index (χ0n) is 63.0. The Balaban J connectivity index is 3.92. The van der Waals surface area contributed by atoms with Crippen LogP contribution in [0.5, 0.6) is 0 Å². The molecule has 0 aliphatic heterocycles. The number of unbranched alkanes of at least 4 members (excludes halogenated alkanes) is 56. The number of phosphoric ester groups is 1. The number of hydrogen-bond acceptors (Lipinski definition) is 6. The van der Waals surface area contributed by atoms with Crippen LogP contribution in [-0.4, -0.2) is 68.5 Å². The Hall–Kier alpha value is -1.80. The predicted octanol–water partition coefficient (Wildman–Crippen LogP) is 26.4. The number of aliphatic hydroxyl groups excluding tert-OH is 1. The van der Waals surface area contributed by atoms with E-state index in [1.165, 1.54) is 334 Å². The number of quaternary nitrogens is 1. The van der Waals surface area contributed by atoms with Crippen LogP contribution in [0.25, 0.3) is 0 Å². The number of carbonyl (C=O) groups excluding carboxylic acids is 1. The maximum atomic E-state index is 13.1. The Morgan fingerprint density at radius 3 is 0.957 bits per heavy atom. The fourth-order valence-corrected chi connectivity index (χ4v) is 13.4. The average Bonchev–Trinajstić information content (AvgIpc) is 1.94. The van der Waals surface area contributed by atoms with Crippen molar-refractivity contribution in [1.29, 1.82) is 0 Å². The minimum absolute atomic E-state index is 0.000912. The molecule has 3 unspecified atom stereocenters. The Morgan fingerprint density at radius 2 is 0.656 bits per heavy atom. The lowest BCUT2D eigenvalue weighted by atomic mass is 10.0. The van der Waals surface area contributed by atoms with Gasteiger partial charge < -0.3 is 28.8 Å². The summed E-state index contributed by atoms with van der Waals surface area (Å²) in [6, 6.07) is -0.888. The molecule has 2 N–H and O–H groups in total. The second-order valence-corrected chi connectivity index (χ2v) is 30.9. The van der Waals surface area contributed by atoms with Gasteiger partial charge in [-0.25, -0.2) is 0 Å². The van der Waals surface area contributed by atoms with Crippen molar-refractivity contribution in [3.05, 3.63) is 60.8 Å². The molecule has 548 valence electrons. The Labute approximate surface area is 581 Å². The second-order valence-electron chi connectivity index (χ2n) is 29.5. The van der Waals surface area contributed by atoms with Gasteiger partial charge in [-0.15, -0.1) is 0 Å². The molecule has 8 nitrogen and oxygen atoms in total. The molecule has 0 saturated carbocycles. The van der Waals surface area contributed by atoms with E-state index in [2.05, 4.69) is 67.8 Å². The van der Waals surface area contributed by atoms with Crippen molar-refractivity contribution in [2.24, 2.45) is 0 Å². The molecule has 9 heteroatoms. The van der Waals surface area contributed by atoms with Crippen molar-refractivity contribution < 1.29 is 32.9 Å². The molecule has 0 saturated heterocycles. The highest BCUT2D eigenvalue weighted by Crippen LogP contribution is 2.38. The number of phosphoric acid groups is 1. The molecule has 0 fully saturated rings. The van der Waals surface area contributed by atoms with Crippen LogP contribution in [0.3, 0.4) is 0 Å². The van der Waals surface area contributed by atoms with Crippen molar-refractivity contribution in [3.63, 3.8) is 0 Å². The molecule has 0 radical (unpaired) electrons. The van der Waals surface area contributed by atoms with Crippen molar-refractivity contribution in [2.75, 3.05) is 40.9 Å². The van der Waals surface area contributed by atoms with Gasteiger partial charge in [-0.3, -0.25) is 9.36 Å². The van der Waals surface area contributed by atoms with Crippen molar-refractivity contribution in [3.8, 4) is 0 Å². The first-order valence-electron chi connectivity index (χ1n) is 41.2. The molecular weight excluding hydrogens is 1160 g/mol. The van der Waals surface area contributed by atoms with E-state index in [9.17, 15) is 19.4 Å². The van der Waals surface area contributed by atoms with Crippen molar-refractivity contribution >= 4 is 13.7 Å². The highest BCUT2D eigenvalue weighted by atomic mass is 31.2. The van der Waals surface area contributed by atoms with E-state index in [4.69, 9.17) is 9.05 Å². The summed E-state index contributed by atoms with van der Waals surface area (Å²) < 4.78 is 23.5. The second kappa shape index (κ2) is 74.4. The van der Waals surface area contributed by atoms with E-state index in [0.717, 1.165) is 64.2 Å². The smallest absolute Gasteiger partial charge is 0.268 e. The summed E-state index contributed by atoms with van der Waals surface area (Å²) in [5.41, 5.74) is 0. The number of amides is 1. The van der Waals surface area contributed by atoms with Gasteiger partial charge >= 0.3 is 0 Å².